The fourth-order valence-electron chi connectivity index (χ4n) is 2.49. The molecule has 8 heteroatoms. The second-order valence-corrected chi connectivity index (χ2v) is 6.45. The Labute approximate surface area is 141 Å². The molecule has 0 amide bonds. The first-order chi connectivity index (χ1) is 11.2. The summed E-state index contributed by atoms with van der Waals surface area (Å²) < 4.78 is 3.68. The molecule has 4 aromatic rings. The molecule has 0 saturated heterocycles. The van der Waals surface area contributed by atoms with E-state index in [2.05, 4.69) is 27.3 Å². The molecule has 0 unspecified atom stereocenters. The Morgan fingerprint density at radius 2 is 2.00 bits per heavy atom. The third-order valence-electron chi connectivity index (χ3n) is 3.53. The number of fused-ring (bicyclic) bond motifs is 1. The van der Waals surface area contributed by atoms with Gasteiger partial charge in [-0.1, -0.05) is 35.1 Å². The maximum absolute atomic E-state index is 6.27. The number of aromatic nitrogens is 6. The Balaban J connectivity index is 1.88. The number of halogens is 1. The summed E-state index contributed by atoms with van der Waals surface area (Å²) in [7, 11) is 0. The minimum atomic E-state index is 0.630. The van der Waals surface area contributed by atoms with Crippen LogP contribution in [-0.2, 0) is 6.54 Å². The predicted molar refractivity (Wildman–Crippen MR) is 90.7 cm³/mol. The molecule has 1 aromatic carbocycles. The van der Waals surface area contributed by atoms with Crippen molar-refractivity contribution < 1.29 is 0 Å². The summed E-state index contributed by atoms with van der Waals surface area (Å²) in [4.78, 5) is 0.733. The van der Waals surface area contributed by atoms with E-state index in [-0.39, 0.29) is 0 Å². The van der Waals surface area contributed by atoms with Gasteiger partial charge in [0.15, 0.2) is 10.8 Å². The zero-order valence-corrected chi connectivity index (χ0v) is 14.1. The van der Waals surface area contributed by atoms with Gasteiger partial charge in [-0.15, -0.1) is 10.2 Å². The Morgan fingerprint density at radius 1 is 1.17 bits per heavy atom. The second kappa shape index (κ2) is 5.43. The number of hydrogen-bond donors (Lipinski definition) is 0. The fourth-order valence-corrected chi connectivity index (χ4v) is 3.57. The van der Waals surface area contributed by atoms with Crippen LogP contribution >= 0.6 is 22.9 Å². The van der Waals surface area contributed by atoms with Crippen LogP contribution < -0.4 is 0 Å². The first kappa shape index (κ1) is 14.3. The van der Waals surface area contributed by atoms with Crippen molar-refractivity contribution in [2.45, 2.75) is 20.4 Å². The van der Waals surface area contributed by atoms with E-state index < -0.39 is 0 Å². The van der Waals surface area contributed by atoms with Crippen LogP contribution in [0, 0.1) is 6.92 Å². The zero-order chi connectivity index (χ0) is 16.0. The van der Waals surface area contributed by atoms with Crippen LogP contribution in [0.4, 0.5) is 0 Å². The van der Waals surface area contributed by atoms with E-state index in [9.17, 15) is 0 Å². The van der Waals surface area contributed by atoms with Crippen molar-refractivity contribution >= 4 is 27.9 Å². The standard InChI is InChI=1S/C15H13ClN6S/c1-3-21-12(8-9(2)19-21)14-20-22-13(17-18-15(22)23-14)10-6-4-5-7-11(10)16/h4-8H,3H2,1-2H3. The highest BCUT2D eigenvalue weighted by molar-refractivity contribution is 7.19. The Hall–Kier alpha value is -2.25. The minimum Gasteiger partial charge on any atom is -0.262 e. The molecule has 4 rings (SSSR count). The van der Waals surface area contributed by atoms with Crippen molar-refractivity contribution in [1.82, 2.24) is 29.6 Å². The van der Waals surface area contributed by atoms with Crippen molar-refractivity contribution in [1.29, 1.82) is 0 Å². The topological polar surface area (TPSA) is 60.9 Å². The van der Waals surface area contributed by atoms with Crippen molar-refractivity contribution in [3.63, 3.8) is 0 Å². The molecule has 6 nitrogen and oxygen atoms in total. The lowest BCUT2D eigenvalue weighted by Gasteiger charge is -2.00. The lowest BCUT2D eigenvalue weighted by atomic mass is 10.2. The molecule has 0 aliphatic rings. The maximum Gasteiger partial charge on any atom is 0.235 e. The van der Waals surface area contributed by atoms with E-state index in [1.54, 1.807) is 4.52 Å². The highest BCUT2D eigenvalue weighted by Crippen LogP contribution is 2.31. The highest BCUT2D eigenvalue weighted by Gasteiger charge is 2.18. The van der Waals surface area contributed by atoms with Crippen LogP contribution in [0.2, 0.25) is 5.02 Å². The van der Waals surface area contributed by atoms with Crippen LogP contribution in [0.1, 0.15) is 12.6 Å². The molecule has 0 aliphatic carbocycles. The first-order valence-corrected chi connectivity index (χ1v) is 8.38. The van der Waals surface area contributed by atoms with Crippen molar-refractivity contribution in [2.24, 2.45) is 0 Å². The molecule has 3 heterocycles. The molecule has 0 fully saturated rings. The normalized spacial score (nSPS) is 11.4. The lowest BCUT2D eigenvalue weighted by molar-refractivity contribution is 0.659. The smallest absolute Gasteiger partial charge is 0.235 e. The van der Waals surface area contributed by atoms with Gasteiger partial charge < -0.3 is 0 Å². The number of hydrogen-bond acceptors (Lipinski definition) is 5. The number of nitrogens with zero attached hydrogens (tertiary/aromatic N) is 6. The minimum absolute atomic E-state index is 0.630. The van der Waals surface area contributed by atoms with E-state index >= 15 is 0 Å². The van der Waals surface area contributed by atoms with Crippen LogP contribution in [0.25, 0.3) is 27.1 Å². The summed E-state index contributed by atoms with van der Waals surface area (Å²) in [5, 5.41) is 19.1. The Morgan fingerprint density at radius 3 is 2.78 bits per heavy atom. The Kier molecular flexibility index (Phi) is 3.39. The monoisotopic (exact) mass is 344 g/mol. The quantitative estimate of drug-likeness (QED) is 0.568. The van der Waals surface area contributed by atoms with Crippen LogP contribution in [0.15, 0.2) is 30.3 Å². The van der Waals surface area contributed by atoms with E-state index in [1.165, 1.54) is 11.3 Å². The second-order valence-electron chi connectivity index (χ2n) is 5.09. The molecule has 3 aromatic heterocycles. The number of rotatable bonds is 3. The SMILES string of the molecule is CCn1nc(C)cc1-c1nn2c(-c3ccccc3Cl)nnc2s1. The summed E-state index contributed by atoms with van der Waals surface area (Å²) in [6.07, 6.45) is 0. The van der Waals surface area contributed by atoms with Crippen molar-refractivity contribution in [3.8, 4) is 22.1 Å². The van der Waals surface area contributed by atoms with Gasteiger partial charge in [0.05, 0.1) is 16.4 Å². The van der Waals surface area contributed by atoms with Gasteiger partial charge in [0.2, 0.25) is 4.96 Å². The summed E-state index contributed by atoms with van der Waals surface area (Å²) >= 11 is 7.76. The number of aryl methyl sites for hydroxylation is 2. The van der Waals surface area contributed by atoms with Gasteiger partial charge in [-0.25, -0.2) is 0 Å². The molecule has 0 spiro atoms. The van der Waals surface area contributed by atoms with Crippen molar-refractivity contribution in [3.05, 3.63) is 41.0 Å². The third kappa shape index (κ3) is 2.32. The summed E-state index contributed by atoms with van der Waals surface area (Å²) in [6.45, 7) is 4.83. The summed E-state index contributed by atoms with van der Waals surface area (Å²) in [6, 6.07) is 9.59. The van der Waals surface area contributed by atoms with Gasteiger partial charge in [0.25, 0.3) is 0 Å². The molecule has 0 saturated carbocycles. The van der Waals surface area contributed by atoms with Gasteiger partial charge >= 0.3 is 0 Å². The van der Waals surface area contributed by atoms with Gasteiger partial charge in [-0.2, -0.15) is 14.7 Å². The van der Waals surface area contributed by atoms with E-state index in [0.717, 1.165) is 33.5 Å². The third-order valence-corrected chi connectivity index (χ3v) is 4.78. The first-order valence-electron chi connectivity index (χ1n) is 7.19. The molecule has 0 N–H and O–H groups in total. The summed E-state index contributed by atoms with van der Waals surface area (Å²) in [5.41, 5.74) is 2.78. The largest absolute Gasteiger partial charge is 0.262 e. The van der Waals surface area contributed by atoms with E-state index in [1.807, 2.05) is 41.9 Å². The van der Waals surface area contributed by atoms with Crippen LogP contribution in [0.3, 0.4) is 0 Å². The maximum atomic E-state index is 6.27. The lowest BCUT2D eigenvalue weighted by Crippen LogP contribution is -1.99. The zero-order valence-electron chi connectivity index (χ0n) is 12.6. The van der Waals surface area contributed by atoms with E-state index in [4.69, 9.17) is 11.6 Å². The molecular formula is C15H13ClN6S. The van der Waals surface area contributed by atoms with Gasteiger partial charge in [-0.05, 0) is 32.0 Å². The molecule has 0 bridgehead atoms. The van der Waals surface area contributed by atoms with Gasteiger partial charge in [-0.3, -0.25) is 4.68 Å². The number of benzene rings is 1. The van der Waals surface area contributed by atoms with Gasteiger partial charge in [0, 0.05) is 12.1 Å². The van der Waals surface area contributed by atoms with Crippen LogP contribution in [-0.4, -0.2) is 29.6 Å². The molecular weight excluding hydrogens is 332 g/mol. The molecule has 116 valence electrons. The fraction of sp³-hybridized carbons (Fsp3) is 0.200. The van der Waals surface area contributed by atoms with Crippen molar-refractivity contribution in [2.75, 3.05) is 0 Å². The highest BCUT2D eigenvalue weighted by atomic mass is 35.5. The molecule has 0 radical (unpaired) electrons. The molecule has 0 aliphatic heterocycles. The van der Waals surface area contributed by atoms with Gasteiger partial charge in [0.1, 0.15) is 0 Å². The molecule has 0 atom stereocenters. The van der Waals surface area contributed by atoms with Crippen LogP contribution in [0.5, 0.6) is 0 Å². The predicted octanol–water partition coefficient (Wildman–Crippen LogP) is 3.70. The summed E-state index contributed by atoms with van der Waals surface area (Å²) in [5.74, 6) is 0.646. The molecule has 23 heavy (non-hydrogen) atoms. The average Bonchev–Trinajstić information content (AvgIpc) is 3.21. The van der Waals surface area contributed by atoms with E-state index in [0.29, 0.717) is 10.8 Å². The Bertz CT molecular complexity index is 999. The average molecular weight is 345 g/mol.